The molecule has 0 radical (unpaired) electrons. The summed E-state index contributed by atoms with van der Waals surface area (Å²) in [7, 11) is 0. The molecule has 0 amide bonds. The van der Waals surface area contributed by atoms with Crippen LogP contribution in [0.2, 0.25) is 0 Å². The van der Waals surface area contributed by atoms with E-state index in [1.165, 1.54) is 0 Å². The predicted octanol–water partition coefficient (Wildman–Crippen LogP) is 0.948. The first-order valence-electron chi connectivity index (χ1n) is 3.23. The van der Waals surface area contributed by atoms with Crippen LogP contribution in [0.1, 0.15) is 6.42 Å². The zero-order valence-corrected chi connectivity index (χ0v) is 5.82. The minimum atomic E-state index is -4.20. The maximum Gasteiger partial charge on any atom is 0.389 e. The molecule has 5 heteroatoms. The van der Waals surface area contributed by atoms with E-state index >= 15 is 0 Å². The Hall–Kier alpha value is -0.290. The van der Waals surface area contributed by atoms with Crippen molar-refractivity contribution in [2.45, 2.75) is 12.6 Å². The molecule has 0 saturated carbocycles. The summed E-state index contributed by atoms with van der Waals surface area (Å²) in [6.07, 6.45) is -5.15. The van der Waals surface area contributed by atoms with Crippen molar-refractivity contribution in [3.63, 3.8) is 0 Å². The van der Waals surface area contributed by atoms with E-state index in [-0.39, 0.29) is 13.2 Å². The quantitative estimate of drug-likeness (QED) is 0.668. The number of alkyl halides is 3. The van der Waals surface area contributed by atoms with Crippen LogP contribution in [0.3, 0.4) is 0 Å². The van der Waals surface area contributed by atoms with Gasteiger partial charge in [-0.05, 0) is 0 Å². The van der Waals surface area contributed by atoms with Crippen LogP contribution in [0, 0.1) is 5.41 Å². The summed E-state index contributed by atoms with van der Waals surface area (Å²) in [6, 6.07) is 0. The molecule has 0 aromatic rings. The van der Waals surface area contributed by atoms with E-state index in [4.69, 9.17) is 5.11 Å². The molecule has 0 atom stereocenters. The number of halogens is 3. The van der Waals surface area contributed by atoms with E-state index < -0.39 is 24.6 Å². The second-order valence-corrected chi connectivity index (χ2v) is 2.94. The maximum absolute atomic E-state index is 11.8. The molecular weight excluding hydrogens is 161 g/mol. The van der Waals surface area contributed by atoms with Gasteiger partial charge in [-0.3, -0.25) is 0 Å². The molecule has 0 aliphatic carbocycles. The predicted molar refractivity (Wildman–Crippen MR) is 31.0 cm³/mol. The fourth-order valence-corrected chi connectivity index (χ4v) is 1.07. The van der Waals surface area contributed by atoms with Gasteiger partial charge in [-0.1, -0.05) is 0 Å². The van der Waals surface area contributed by atoms with Crippen LogP contribution in [0.4, 0.5) is 13.2 Å². The summed E-state index contributed by atoms with van der Waals surface area (Å²) in [5.74, 6) is 0. The second kappa shape index (κ2) is 2.64. The molecule has 1 rings (SSSR count). The van der Waals surface area contributed by atoms with Gasteiger partial charge in [0.15, 0.2) is 0 Å². The average molecular weight is 170 g/mol. The normalized spacial score (nSPS) is 22.9. The van der Waals surface area contributed by atoms with E-state index in [1.807, 2.05) is 0 Å². The number of hydrogen-bond donors (Lipinski definition) is 1. The molecule has 1 fully saturated rings. The molecule has 1 aliphatic rings. The second-order valence-electron chi connectivity index (χ2n) is 2.94. The Kier molecular flexibility index (Phi) is 2.11. The van der Waals surface area contributed by atoms with Crippen molar-refractivity contribution < 1.29 is 23.0 Å². The standard InChI is InChI=1S/C6H9F3O2/c7-6(8,9)1-5(2-10)3-11-4-5/h10H,1-4H2. The zero-order valence-electron chi connectivity index (χ0n) is 5.82. The summed E-state index contributed by atoms with van der Waals surface area (Å²) >= 11 is 0. The lowest BCUT2D eigenvalue weighted by atomic mass is 9.83. The van der Waals surface area contributed by atoms with Gasteiger partial charge in [0.05, 0.1) is 26.2 Å². The van der Waals surface area contributed by atoms with E-state index in [0.717, 1.165) is 0 Å². The van der Waals surface area contributed by atoms with Crippen LogP contribution in [0.25, 0.3) is 0 Å². The Morgan fingerprint density at radius 1 is 1.36 bits per heavy atom. The first-order valence-corrected chi connectivity index (χ1v) is 3.23. The molecule has 0 aromatic heterocycles. The van der Waals surface area contributed by atoms with Crippen molar-refractivity contribution in [3.05, 3.63) is 0 Å². The molecule has 1 aliphatic heterocycles. The molecule has 0 bridgehead atoms. The van der Waals surface area contributed by atoms with Gasteiger partial charge in [-0.2, -0.15) is 13.2 Å². The van der Waals surface area contributed by atoms with Gasteiger partial charge < -0.3 is 9.84 Å². The molecule has 1 saturated heterocycles. The SMILES string of the molecule is OCC1(CC(F)(F)F)COC1. The van der Waals surface area contributed by atoms with Crippen molar-refractivity contribution in [2.75, 3.05) is 19.8 Å². The van der Waals surface area contributed by atoms with Gasteiger partial charge in [0.2, 0.25) is 0 Å². The van der Waals surface area contributed by atoms with E-state index in [0.29, 0.717) is 0 Å². The van der Waals surface area contributed by atoms with E-state index in [2.05, 4.69) is 4.74 Å². The van der Waals surface area contributed by atoms with Gasteiger partial charge in [0, 0.05) is 5.41 Å². The lowest BCUT2D eigenvalue weighted by Gasteiger charge is -2.40. The summed E-state index contributed by atoms with van der Waals surface area (Å²) < 4.78 is 40.0. The van der Waals surface area contributed by atoms with Crippen LogP contribution in [-0.4, -0.2) is 31.1 Å². The topological polar surface area (TPSA) is 29.5 Å². The largest absolute Gasteiger partial charge is 0.396 e. The smallest absolute Gasteiger partial charge is 0.389 e. The molecule has 11 heavy (non-hydrogen) atoms. The van der Waals surface area contributed by atoms with Gasteiger partial charge >= 0.3 is 6.18 Å². The Morgan fingerprint density at radius 3 is 2.00 bits per heavy atom. The van der Waals surface area contributed by atoms with Gasteiger partial charge in [0.1, 0.15) is 0 Å². The Balaban J connectivity index is 2.45. The molecular formula is C6H9F3O2. The van der Waals surface area contributed by atoms with Gasteiger partial charge in [-0.25, -0.2) is 0 Å². The summed E-state index contributed by atoms with van der Waals surface area (Å²) in [5.41, 5.74) is -1.04. The Labute approximate surface area is 62.0 Å². The summed E-state index contributed by atoms with van der Waals surface area (Å²) in [6.45, 7) is -0.418. The lowest BCUT2D eigenvalue weighted by Crippen LogP contribution is -2.48. The van der Waals surface area contributed by atoms with Crippen molar-refractivity contribution in [3.8, 4) is 0 Å². The monoisotopic (exact) mass is 170 g/mol. The highest BCUT2D eigenvalue weighted by Crippen LogP contribution is 2.38. The highest BCUT2D eigenvalue weighted by atomic mass is 19.4. The highest BCUT2D eigenvalue weighted by Gasteiger charge is 2.47. The number of aliphatic hydroxyl groups is 1. The fraction of sp³-hybridized carbons (Fsp3) is 1.00. The number of ether oxygens (including phenoxy) is 1. The van der Waals surface area contributed by atoms with Crippen LogP contribution in [0.15, 0.2) is 0 Å². The van der Waals surface area contributed by atoms with E-state index in [9.17, 15) is 13.2 Å². The van der Waals surface area contributed by atoms with Crippen molar-refractivity contribution in [2.24, 2.45) is 5.41 Å². The third-order valence-corrected chi connectivity index (χ3v) is 1.73. The molecule has 66 valence electrons. The molecule has 2 nitrogen and oxygen atoms in total. The molecule has 1 heterocycles. The zero-order chi connectivity index (χ0) is 8.54. The minimum Gasteiger partial charge on any atom is -0.396 e. The lowest BCUT2D eigenvalue weighted by molar-refractivity contribution is -0.220. The van der Waals surface area contributed by atoms with Crippen LogP contribution >= 0.6 is 0 Å². The summed E-state index contributed by atoms with van der Waals surface area (Å²) in [4.78, 5) is 0. The van der Waals surface area contributed by atoms with Crippen LogP contribution in [0.5, 0.6) is 0 Å². The molecule has 0 unspecified atom stereocenters. The minimum absolute atomic E-state index is 0.0169. The number of hydrogen-bond acceptors (Lipinski definition) is 2. The maximum atomic E-state index is 11.8. The Bertz CT molecular complexity index is 134. The third-order valence-electron chi connectivity index (χ3n) is 1.73. The number of aliphatic hydroxyl groups excluding tert-OH is 1. The molecule has 0 spiro atoms. The Morgan fingerprint density at radius 2 is 1.91 bits per heavy atom. The third kappa shape index (κ3) is 2.07. The van der Waals surface area contributed by atoms with Crippen LogP contribution in [-0.2, 0) is 4.74 Å². The first-order chi connectivity index (χ1) is 4.97. The van der Waals surface area contributed by atoms with E-state index in [1.54, 1.807) is 0 Å². The van der Waals surface area contributed by atoms with Gasteiger partial charge in [-0.15, -0.1) is 0 Å². The van der Waals surface area contributed by atoms with Crippen molar-refractivity contribution in [1.29, 1.82) is 0 Å². The van der Waals surface area contributed by atoms with Crippen LogP contribution < -0.4 is 0 Å². The molecule has 1 N–H and O–H groups in total. The van der Waals surface area contributed by atoms with Gasteiger partial charge in [0.25, 0.3) is 0 Å². The average Bonchev–Trinajstić information content (AvgIpc) is 1.77. The first kappa shape index (κ1) is 8.80. The fourth-order valence-electron chi connectivity index (χ4n) is 1.07. The van der Waals surface area contributed by atoms with Crippen molar-refractivity contribution in [1.82, 2.24) is 0 Å². The molecule has 0 aromatic carbocycles. The number of rotatable bonds is 2. The van der Waals surface area contributed by atoms with Crippen molar-refractivity contribution >= 4 is 0 Å². The summed E-state index contributed by atoms with van der Waals surface area (Å²) in [5, 5.41) is 8.62. The highest BCUT2D eigenvalue weighted by molar-refractivity contribution is 4.87.